The summed E-state index contributed by atoms with van der Waals surface area (Å²) in [5, 5.41) is 4.77. The fourth-order valence-corrected chi connectivity index (χ4v) is 3.30. The third kappa shape index (κ3) is 4.64. The van der Waals surface area contributed by atoms with E-state index in [0.29, 0.717) is 27.7 Å². The fourth-order valence-electron chi connectivity index (χ4n) is 2.34. The summed E-state index contributed by atoms with van der Waals surface area (Å²) in [6.45, 7) is 1.60. The Morgan fingerprint density at radius 3 is 2.48 bits per heavy atom. The summed E-state index contributed by atoms with van der Waals surface area (Å²) in [7, 11) is 0. The van der Waals surface area contributed by atoms with E-state index in [4.69, 9.17) is 16.3 Å². The Balaban J connectivity index is 1.62. The average Bonchev–Trinajstić information content (AvgIpc) is 2.95. The third-order valence-electron chi connectivity index (χ3n) is 3.73. The molecule has 0 aliphatic heterocycles. The number of rotatable bonds is 5. The molecule has 0 unspecified atom stereocenters. The molecule has 27 heavy (non-hydrogen) atoms. The highest BCUT2D eigenvalue weighted by atomic mass is 35.5. The number of nitrogens with one attached hydrogen (secondary N) is 1. The van der Waals surface area contributed by atoms with Crippen molar-refractivity contribution in [2.45, 2.75) is 13.5 Å². The molecule has 3 aromatic rings. The van der Waals surface area contributed by atoms with Crippen LogP contribution in [0.15, 0.2) is 58.7 Å². The second-order valence-corrected chi connectivity index (χ2v) is 6.89. The SMILES string of the molecule is Cc1csc(=O)n1CC(=O)Oc1ccc(NC(=O)c2ccccc2Cl)cc1. The Labute approximate surface area is 164 Å². The lowest BCUT2D eigenvalue weighted by molar-refractivity contribution is -0.135. The average molecular weight is 403 g/mol. The fraction of sp³-hybridized carbons (Fsp3) is 0.105. The van der Waals surface area contributed by atoms with E-state index in [9.17, 15) is 14.4 Å². The number of amides is 1. The van der Waals surface area contributed by atoms with Gasteiger partial charge in [-0.15, -0.1) is 0 Å². The van der Waals surface area contributed by atoms with Gasteiger partial charge in [-0.05, 0) is 43.3 Å². The highest BCUT2D eigenvalue weighted by Gasteiger charge is 2.12. The second-order valence-electron chi connectivity index (χ2n) is 5.66. The number of nitrogens with zero attached hydrogens (tertiary/aromatic N) is 1. The van der Waals surface area contributed by atoms with Gasteiger partial charge in [-0.1, -0.05) is 35.1 Å². The predicted octanol–water partition coefficient (Wildman–Crippen LogP) is 3.73. The molecule has 0 aliphatic rings. The lowest BCUT2D eigenvalue weighted by atomic mass is 10.2. The van der Waals surface area contributed by atoms with Crippen LogP contribution in [-0.2, 0) is 11.3 Å². The molecule has 0 saturated heterocycles. The molecule has 0 radical (unpaired) electrons. The molecule has 3 rings (SSSR count). The van der Waals surface area contributed by atoms with Gasteiger partial charge in [0.2, 0.25) is 0 Å². The molecular formula is C19H15ClN2O4S. The number of halogens is 1. The van der Waals surface area contributed by atoms with Gasteiger partial charge in [0.25, 0.3) is 5.91 Å². The summed E-state index contributed by atoms with van der Waals surface area (Å²) in [5.41, 5.74) is 1.61. The second kappa shape index (κ2) is 8.20. The van der Waals surface area contributed by atoms with Crippen molar-refractivity contribution in [1.82, 2.24) is 4.57 Å². The van der Waals surface area contributed by atoms with Crippen molar-refractivity contribution in [2.24, 2.45) is 0 Å². The third-order valence-corrected chi connectivity index (χ3v) is 4.94. The molecule has 0 aliphatic carbocycles. The zero-order chi connectivity index (χ0) is 19.4. The van der Waals surface area contributed by atoms with Crippen LogP contribution in [0.25, 0.3) is 0 Å². The summed E-state index contributed by atoms with van der Waals surface area (Å²) >= 11 is 7.04. The van der Waals surface area contributed by atoms with Gasteiger partial charge in [-0.3, -0.25) is 14.2 Å². The predicted molar refractivity (Wildman–Crippen MR) is 105 cm³/mol. The van der Waals surface area contributed by atoms with E-state index in [1.807, 2.05) is 0 Å². The molecule has 1 heterocycles. The van der Waals surface area contributed by atoms with Crippen LogP contribution in [0.1, 0.15) is 16.1 Å². The molecule has 6 nitrogen and oxygen atoms in total. The monoisotopic (exact) mass is 402 g/mol. The van der Waals surface area contributed by atoms with Crippen LogP contribution in [-0.4, -0.2) is 16.4 Å². The minimum Gasteiger partial charge on any atom is -0.425 e. The molecule has 1 aromatic heterocycles. The molecule has 0 saturated carbocycles. The lowest BCUT2D eigenvalue weighted by Crippen LogP contribution is -2.23. The number of anilines is 1. The van der Waals surface area contributed by atoms with Crippen LogP contribution in [0, 0.1) is 6.92 Å². The van der Waals surface area contributed by atoms with Gasteiger partial charge in [0.15, 0.2) is 0 Å². The molecule has 0 atom stereocenters. The maximum absolute atomic E-state index is 12.2. The summed E-state index contributed by atoms with van der Waals surface area (Å²) in [6.07, 6.45) is 0. The van der Waals surface area contributed by atoms with Crippen molar-refractivity contribution in [3.05, 3.63) is 79.9 Å². The van der Waals surface area contributed by atoms with Crippen molar-refractivity contribution >= 4 is 40.5 Å². The molecule has 0 fully saturated rings. The summed E-state index contributed by atoms with van der Waals surface area (Å²) < 4.78 is 6.59. The van der Waals surface area contributed by atoms with Crippen LogP contribution < -0.4 is 14.9 Å². The van der Waals surface area contributed by atoms with E-state index in [1.54, 1.807) is 60.8 Å². The van der Waals surface area contributed by atoms with E-state index in [1.165, 1.54) is 4.57 Å². The standard InChI is InChI=1S/C19H15ClN2O4S/c1-12-11-27-19(25)22(12)10-17(23)26-14-8-6-13(7-9-14)21-18(24)15-4-2-3-5-16(15)20/h2-9,11H,10H2,1H3,(H,21,24). The topological polar surface area (TPSA) is 77.4 Å². The number of carbonyl (C=O) groups excluding carboxylic acids is 2. The quantitative estimate of drug-likeness (QED) is 0.521. The van der Waals surface area contributed by atoms with Crippen molar-refractivity contribution in [1.29, 1.82) is 0 Å². The zero-order valence-electron chi connectivity index (χ0n) is 14.3. The van der Waals surface area contributed by atoms with E-state index in [2.05, 4.69) is 5.32 Å². The molecule has 2 aromatic carbocycles. The van der Waals surface area contributed by atoms with Crippen molar-refractivity contribution in [3.8, 4) is 5.75 Å². The molecule has 0 spiro atoms. The smallest absolute Gasteiger partial charge is 0.331 e. The Morgan fingerprint density at radius 1 is 1.15 bits per heavy atom. The molecule has 1 amide bonds. The number of thiazole rings is 1. The Hall–Kier alpha value is -2.90. The van der Waals surface area contributed by atoms with Gasteiger partial charge in [-0.25, -0.2) is 4.79 Å². The largest absolute Gasteiger partial charge is 0.425 e. The van der Waals surface area contributed by atoms with E-state index < -0.39 is 5.97 Å². The lowest BCUT2D eigenvalue weighted by Gasteiger charge is -2.09. The number of benzene rings is 2. The van der Waals surface area contributed by atoms with Crippen molar-refractivity contribution in [2.75, 3.05) is 5.32 Å². The Bertz CT molecular complexity index is 1040. The number of carbonyl (C=O) groups is 2. The maximum atomic E-state index is 12.2. The van der Waals surface area contributed by atoms with Crippen molar-refractivity contribution < 1.29 is 14.3 Å². The minimum atomic E-state index is -0.550. The minimum absolute atomic E-state index is 0.154. The van der Waals surface area contributed by atoms with Crippen LogP contribution in [0.4, 0.5) is 5.69 Å². The highest BCUT2D eigenvalue weighted by molar-refractivity contribution is 7.07. The van der Waals surface area contributed by atoms with Gasteiger partial charge in [0.05, 0.1) is 10.6 Å². The molecule has 1 N–H and O–H groups in total. The number of aryl methyl sites for hydroxylation is 1. The first-order valence-electron chi connectivity index (χ1n) is 7.95. The van der Waals surface area contributed by atoms with Crippen molar-refractivity contribution in [3.63, 3.8) is 0 Å². The first-order valence-corrected chi connectivity index (χ1v) is 9.21. The number of hydrogen-bond acceptors (Lipinski definition) is 5. The Kier molecular flexibility index (Phi) is 5.73. The first-order chi connectivity index (χ1) is 12.9. The first kappa shape index (κ1) is 18.9. The Morgan fingerprint density at radius 2 is 1.85 bits per heavy atom. The van der Waals surface area contributed by atoms with Crippen LogP contribution >= 0.6 is 22.9 Å². The molecule has 138 valence electrons. The number of hydrogen-bond donors (Lipinski definition) is 1. The normalized spacial score (nSPS) is 10.4. The number of esters is 1. The van der Waals surface area contributed by atoms with E-state index >= 15 is 0 Å². The van der Waals surface area contributed by atoms with Gasteiger partial charge in [0, 0.05) is 16.8 Å². The highest BCUT2D eigenvalue weighted by Crippen LogP contribution is 2.19. The molecule has 8 heteroatoms. The van der Waals surface area contributed by atoms with Gasteiger partial charge in [-0.2, -0.15) is 0 Å². The summed E-state index contributed by atoms with van der Waals surface area (Å²) in [5.74, 6) is -0.569. The van der Waals surface area contributed by atoms with Crippen LogP contribution in [0.2, 0.25) is 5.02 Å². The van der Waals surface area contributed by atoms with Crippen LogP contribution in [0.5, 0.6) is 5.75 Å². The molecule has 0 bridgehead atoms. The van der Waals surface area contributed by atoms with E-state index in [-0.39, 0.29) is 17.3 Å². The van der Waals surface area contributed by atoms with Gasteiger partial charge in [0.1, 0.15) is 12.3 Å². The number of aromatic nitrogens is 1. The van der Waals surface area contributed by atoms with Gasteiger partial charge >= 0.3 is 10.8 Å². The maximum Gasteiger partial charge on any atom is 0.331 e. The molecular weight excluding hydrogens is 388 g/mol. The van der Waals surface area contributed by atoms with Crippen LogP contribution in [0.3, 0.4) is 0 Å². The number of ether oxygens (including phenoxy) is 1. The zero-order valence-corrected chi connectivity index (χ0v) is 15.8. The summed E-state index contributed by atoms with van der Waals surface area (Å²) in [4.78, 5) is 35.7. The van der Waals surface area contributed by atoms with Gasteiger partial charge < -0.3 is 10.1 Å². The van der Waals surface area contributed by atoms with E-state index in [0.717, 1.165) is 11.3 Å². The summed E-state index contributed by atoms with van der Waals surface area (Å²) in [6, 6.07) is 13.1.